The average molecular weight is 432 g/mol. The Balaban J connectivity index is 0.00000160. The first-order valence-corrected chi connectivity index (χ1v) is 9.28. The summed E-state index contributed by atoms with van der Waals surface area (Å²) in [4.78, 5) is 39.2. The Labute approximate surface area is 192 Å². The fourth-order valence-corrected chi connectivity index (χ4v) is 4.32. The van der Waals surface area contributed by atoms with Crippen LogP contribution in [0.25, 0.3) is 0 Å². The molecule has 3 aliphatic heterocycles. The zero-order chi connectivity index (χ0) is 20.0. The van der Waals surface area contributed by atoms with Gasteiger partial charge in [0.2, 0.25) is 5.16 Å². The largest absolute Gasteiger partial charge is 1.00 e. The Morgan fingerprint density at radius 2 is 2.28 bits per heavy atom. The fraction of sp³-hybridized carbons (Fsp3) is 0.467. The smallest absolute Gasteiger partial charge is 1.00 e. The summed E-state index contributed by atoms with van der Waals surface area (Å²) < 4.78 is 12.4. The van der Waals surface area contributed by atoms with Crippen molar-refractivity contribution < 1.29 is 59.9 Å². The molecule has 2 saturated heterocycles. The van der Waals surface area contributed by atoms with Crippen molar-refractivity contribution >= 4 is 29.7 Å². The van der Waals surface area contributed by atoms with Gasteiger partial charge in [0.15, 0.2) is 5.70 Å². The number of likely N-dealkylation sites (tertiary alicyclic amines) is 1. The molecule has 0 aromatic carbocycles. The molecule has 0 unspecified atom stereocenters. The number of amides is 2. The third-order valence-electron chi connectivity index (χ3n) is 4.68. The molecule has 1 aromatic rings. The van der Waals surface area contributed by atoms with E-state index in [4.69, 9.17) is 9.47 Å². The van der Waals surface area contributed by atoms with E-state index in [1.807, 2.05) is 0 Å². The minimum atomic E-state index is -1.27. The number of rotatable bonds is 6. The third kappa shape index (κ3) is 3.52. The summed E-state index contributed by atoms with van der Waals surface area (Å²) in [6.45, 7) is 3.62. The van der Waals surface area contributed by atoms with E-state index < -0.39 is 36.2 Å². The van der Waals surface area contributed by atoms with Crippen LogP contribution in [0.1, 0.15) is 1.43 Å². The summed E-state index contributed by atoms with van der Waals surface area (Å²) in [6, 6.07) is -1.33. The zero-order valence-corrected chi connectivity index (χ0v) is 18.5. The van der Waals surface area contributed by atoms with Crippen molar-refractivity contribution in [2.24, 2.45) is 7.05 Å². The number of β-lactam (4-membered cyclic amide) rings is 1. The van der Waals surface area contributed by atoms with Crippen LogP contribution in [0, 0.1) is 0 Å². The summed E-state index contributed by atoms with van der Waals surface area (Å²) in [6.07, 6.45) is 0.233. The summed E-state index contributed by atoms with van der Waals surface area (Å²) in [5.74, 6) is -1.49. The predicted octanol–water partition coefficient (Wildman–Crippen LogP) is -3.67. The number of tetrazole rings is 1. The molecule has 12 nitrogen and oxygen atoms in total. The van der Waals surface area contributed by atoms with Gasteiger partial charge in [-0.1, -0.05) is 24.4 Å². The van der Waals surface area contributed by atoms with Gasteiger partial charge < -0.3 is 16.0 Å². The number of aryl methyl sites for hydroxylation is 1. The molecule has 3 aliphatic rings. The quantitative estimate of drug-likeness (QED) is 0.207. The number of thioether (sulfide) groups is 1. The van der Waals surface area contributed by atoms with E-state index in [1.54, 1.807) is 7.05 Å². The minimum absolute atomic E-state index is 0. The molecule has 4 rings (SSSR count). The summed E-state index contributed by atoms with van der Waals surface area (Å²) >= 11 is 1.18. The van der Waals surface area contributed by atoms with Gasteiger partial charge in [0.25, 0.3) is 5.91 Å². The van der Waals surface area contributed by atoms with E-state index in [2.05, 4.69) is 22.1 Å². The molecule has 29 heavy (non-hydrogen) atoms. The Morgan fingerprint density at radius 1 is 1.52 bits per heavy atom. The van der Waals surface area contributed by atoms with E-state index in [9.17, 15) is 19.5 Å². The molecule has 2 amide bonds. The maximum Gasteiger partial charge on any atom is 1.00 e. The molecule has 2 fully saturated rings. The first-order valence-electron chi connectivity index (χ1n) is 8.29. The molecule has 3 atom stereocenters. The van der Waals surface area contributed by atoms with Gasteiger partial charge in [0, 0.05) is 7.05 Å². The van der Waals surface area contributed by atoms with Gasteiger partial charge in [-0.15, -0.1) is 5.10 Å². The van der Waals surface area contributed by atoms with Crippen LogP contribution >= 0.6 is 11.8 Å². The maximum atomic E-state index is 12.6. The topological polar surface area (TPSA) is 140 Å². The summed E-state index contributed by atoms with van der Waals surface area (Å²) in [7, 11) is 1.65. The van der Waals surface area contributed by atoms with Crippen molar-refractivity contribution in [1.29, 1.82) is 0 Å². The Morgan fingerprint density at radius 3 is 2.90 bits per heavy atom. The molecule has 14 heteroatoms. The van der Waals surface area contributed by atoms with Crippen molar-refractivity contribution in [3.63, 3.8) is 0 Å². The van der Waals surface area contributed by atoms with Crippen LogP contribution in [0.4, 0.5) is 4.79 Å². The zero-order valence-electron chi connectivity index (χ0n) is 16.7. The first kappa shape index (κ1) is 21.6. The number of carboxylic acids is 1. The van der Waals surface area contributed by atoms with Crippen LogP contribution in [0.15, 0.2) is 29.3 Å². The molecule has 150 valence electrons. The molecule has 1 N–H and O–H groups in total. The van der Waals surface area contributed by atoms with E-state index in [0.29, 0.717) is 5.16 Å². The van der Waals surface area contributed by atoms with Gasteiger partial charge >= 0.3 is 41.6 Å². The molecular formula is C15H17N6NaO6S. The van der Waals surface area contributed by atoms with Crippen LogP contribution in [0.3, 0.4) is 0 Å². The normalized spacial score (nSPS) is 24.3. The number of nitrogens with zero attached hydrogens (tertiary/aromatic N) is 6. The van der Waals surface area contributed by atoms with Gasteiger partial charge in [-0.05, 0) is 10.4 Å². The van der Waals surface area contributed by atoms with Gasteiger partial charge in [-0.3, -0.25) is 14.6 Å². The molecule has 0 bridgehead atoms. The van der Waals surface area contributed by atoms with Crippen LogP contribution < -0.4 is 29.6 Å². The number of aromatic nitrogens is 4. The number of carbonyl (C=O) groups is 3. The van der Waals surface area contributed by atoms with Crippen molar-refractivity contribution in [2.45, 2.75) is 23.3 Å². The predicted molar refractivity (Wildman–Crippen MR) is 92.8 cm³/mol. The standard InChI is InChI=1S/C15H16N6O6S.Na.H/c1-3-4-26-15(25)20-5-7-9-11(20)12(22)21(9)10(13(23)24)8(27-7)6-28-14-16-17-18-19(14)2;;/h3,7,9,11H,1,4-6H2,2H3,(H,23,24);;/q;+1;-1/t7-,9-,11+;;/m1../s1. The molecular weight excluding hydrogens is 415 g/mol. The number of hydrogen-bond acceptors (Lipinski definition) is 9. The van der Waals surface area contributed by atoms with Gasteiger partial charge in [-0.2, -0.15) is 0 Å². The SMILES string of the molecule is C=CCOC(=O)N1C[C@H]2OC(CSc3nnnn3C)=C(C(=O)O)N3C(=O)[C@@H]1[C@@H]23.[H-].[Na+]. The fourth-order valence-electron chi connectivity index (χ4n) is 3.54. The molecule has 0 saturated carbocycles. The maximum absolute atomic E-state index is 12.6. The van der Waals surface area contributed by atoms with E-state index >= 15 is 0 Å². The number of carbonyl (C=O) groups excluding carboxylic acids is 2. The Kier molecular flexibility index (Phi) is 6.22. The number of carboxylic acid groups (broad SMARTS) is 1. The van der Waals surface area contributed by atoms with E-state index in [0.717, 1.165) is 0 Å². The monoisotopic (exact) mass is 432 g/mol. The van der Waals surface area contributed by atoms with Crippen molar-refractivity contribution in [1.82, 2.24) is 30.0 Å². The first-order chi connectivity index (χ1) is 13.4. The average Bonchev–Trinajstić information content (AvgIpc) is 3.24. The van der Waals surface area contributed by atoms with Crippen LogP contribution in [0.5, 0.6) is 0 Å². The second-order valence-electron chi connectivity index (χ2n) is 6.27. The third-order valence-corrected chi connectivity index (χ3v) is 5.69. The molecule has 0 aliphatic carbocycles. The van der Waals surface area contributed by atoms with Crippen LogP contribution in [-0.4, -0.2) is 90.2 Å². The second-order valence-corrected chi connectivity index (χ2v) is 7.21. The van der Waals surface area contributed by atoms with Crippen LogP contribution in [-0.2, 0) is 26.1 Å². The number of hydrogen-bond donors (Lipinski definition) is 1. The number of ether oxygens (including phenoxy) is 2. The molecule has 0 radical (unpaired) electrons. The van der Waals surface area contributed by atoms with Crippen LogP contribution in [0.2, 0.25) is 0 Å². The second kappa shape index (κ2) is 8.34. The van der Waals surface area contributed by atoms with E-state index in [-0.39, 0.29) is 61.3 Å². The molecule has 4 heterocycles. The van der Waals surface area contributed by atoms with Crippen molar-refractivity contribution in [3.8, 4) is 0 Å². The molecule has 0 spiro atoms. The van der Waals surface area contributed by atoms with Crippen molar-refractivity contribution in [2.75, 3.05) is 18.9 Å². The Hall–Kier alpha value is -2.09. The van der Waals surface area contributed by atoms with Gasteiger partial charge in [-0.25, -0.2) is 14.3 Å². The minimum Gasteiger partial charge on any atom is -1.00 e. The summed E-state index contributed by atoms with van der Waals surface area (Å²) in [5, 5.41) is 21.2. The van der Waals surface area contributed by atoms with Gasteiger partial charge in [0.05, 0.1) is 12.3 Å². The van der Waals surface area contributed by atoms with Gasteiger partial charge in [0.1, 0.15) is 30.6 Å². The Bertz CT molecular complexity index is 912. The summed E-state index contributed by atoms with van der Waals surface area (Å²) in [5.41, 5.74) is -0.216. The van der Waals surface area contributed by atoms with E-state index in [1.165, 1.54) is 32.3 Å². The van der Waals surface area contributed by atoms with Crippen molar-refractivity contribution in [3.05, 3.63) is 24.1 Å². The number of aliphatic carboxylic acids is 1. The molecule has 1 aromatic heterocycles.